The lowest BCUT2D eigenvalue weighted by Crippen LogP contribution is -2.14. The number of nitrogens with two attached hydrogens (primary N) is 1. The molecular weight excluding hydrogens is 264 g/mol. The van der Waals surface area contributed by atoms with E-state index in [4.69, 9.17) is 17.3 Å². The largest absolute Gasteiger partial charge is 0.329 e. The van der Waals surface area contributed by atoms with Crippen molar-refractivity contribution in [1.82, 2.24) is 0 Å². The topological polar surface area (TPSA) is 26.0 Å². The predicted molar refractivity (Wildman–Crippen MR) is 66.6 cm³/mol. The number of hydrogen-bond acceptors (Lipinski definition) is 2. The fraction of sp³-hybridized carbons (Fsp3) is 0.167. The van der Waals surface area contributed by atoms with Gasteiger partial charge in [0.25, 0.3) is 0 Å². The molecule has 90 valence electrons. The van der Waals surface area contributed by atoms with Crippen molar-refractivity contribution < 1.29 is 8.78 Å². The highest BCUT2D eigenvalue weighted by molar-refractivity contribution is 7.16. The van der Waals surface area contributed by atoms with Crippen molar-refractivity contribution in [2.45, 2.75) is 5.92 Å². The highest BCUT2D eigenvalue weighted by Crippen LogP contribution is 2.33. The first-order valence-electron chi connectivity index (χ1n) is 5.02. The standard InChI is InChI=1S/C12H10ClF2NS/c13-12-4-3-11(17-12)9(6-16)8-2-1-7(14)5-10(8)15/h1-5,9H,6,16H2. The van der Waals surface area contributed by atoms with Crippen LogP contribution in [0.2, 0.25) is 4.34 Å². The van der Waals surface area contributed by atoms with Crippen LogP contribution in [0.1, 0.15) is 16.4 Å². The number of hydrogen-bond donors (Lipinski definition) is 1. The van der Waals surface area contributed by atoms with Gasteiger partial charge in [0.15, 0.2) is 0 Å². The van der Waals surface area contributed by atoms with Gasteiger partial charge in [-0.25, -0.2) is 8.78 Å². The van der Waals surface area contributed by atoms with E-state index < -0.39 is 11.6 Å². The SMILES string of the molecule is NCC(c1ccc(Cl)s1)c1ccc(F)cc1F. The molecule has 0 aliphatic carbocycles. The lowest BCUT2D eigenvalue weighted by Gasteiger charge is -2.14. The number of halogens is 3. The van der Waals surface area contributed by atoms with Crippen LogP contribution in [0.4, 0.5) is 8.78 Å². The number of rotatable bonds is 3. The highest BCUT2D eigenvalue weighted by atomic mass is 35.5. The zero-order valence-corrected chi connectivity index (χ0v) is 10.4. The van der Waals surface area contributed by atoms with E-state index in [1.165, 1.54) is 23.5 Å². The molecule has 17 heavy (non-hydrogen) atoms. The summed E-state index contributed by atoms with van der Waals surface area (Å²) in [7, 11) is 0. The van der Waals surface area contributed by atoms with E-state index in [9.17, 15) is 8.78 Å². The monoisotopic (exact) mass is 273 g/mol. The first-order chi connectivity index (χ1) is 8.11. The number of benzene rings is 1. The molecule has 0 aliphatic rings. The average Bonchev–Trinajstić information content (AvgIpc) is 2.69. The smallest absolute Gasteiger partial charge is 0.130 e. The Labute approximate surface area is 107 Å². The Morgan fingerprint density at radius 1 is 1.24 bits per heavy atom. The molecule has 2 N–H and O–H groups in total. The fourth-order valence-corrected chi connectivity index (χ4v) is 2.89. The Morgan fingerprint density at radius 2 is 2.00 bits per heavy atom. The molecule has 0 spiro atoms. The summed E-state index contributed by atoms with van der Waals surface area (Å²) in [6.45, 7) is 0.249. The Kier molecular flexibility index (Phi) is 3.76. The van der Waals surface area contributed by atoms with Crippen molar-refractivity contribution in [3.8, 4) is 0 Å². The minimum absolute atomic E-state index is 0.249. The van der Waals surface area contributed by atoms with E-state index in [0.717, 1.165) is 10.9 Å². The van der Waals surface area contributed by atoms with Crippen molar-refractivity contribution in [3.63, 3.8) is 0 Å². The summed E-state index contributed by atoms with van der Waals surface area (Å²) in [5.74, 6) is -1.45. The molecule has 1 aromatic heterocycles. The van der Waals surface area contributed by atoms with Gasteiger partial charge in [0, 0.05) is 23.4 Å². The maximum atomic E-state index is 13.7. The Bertz CT molecular complexity index is 527. The second-order valence-corrected chi connectivity index (χ2v) is 5.34. The Hall–Kier alpha value is -0.970. The molecule has 1 unspecified atom stereocenters. The minimum Gasteiger partial charge on any atom is -0.329 e. The van der Waals surface area contributed by atoms with Crippen LogP contribution < -0.4 is 5.73 Å². The zero-order chi connectivity index (χ0) is 12.4. The molecule has 1 heterocycles. The molecule has 0 radical (unpaired) electrons. The molecule has 1 nitrogen and oxygen atoms in total. The van der Waals surface area contributed by atoms with Crippen LogP contribution in [0, 0.1) is 11.6 Å². The molecule has 5 heteroatoms. The summed E-state index contributed by atoms with van der Waals surface area (Å²) < 4.78 is 27.1. The summed E-state index contributed by atoms with van der Waals surface area (Å²) in [5, 5.41) is 0. The number of thiophene rings is 1. The molecule has 0 saturated heterocycles. The quantitative estimate of drug-likeness (QED) is 0.905. The summed E-state index contributed by atoms with van der Waals surface area (Å²) >= 11 is 7.19. The predicted octanol–water partition coefficient (Wildman–Crippen LogP) is 3.77. The van der Waals surface area contributed by atoms with Gasteiger partial charge in [0.05, 0.1) is 4.34 Å². The Balaban J connectivity index is 2.42. The molecule has 0 saturated carbocycles. The molecule has 2 rings (SSSR count). The third kappa shape index (κ3) is 2.65. The lowest BCUT2D eigenvalue weighted by molar-refractivity contribution is 0.565. The van der Waals surface area contributed by atoms with Crippen molar-refractivity contribution in [2.24, 2.45) is 5.73 Å². The van der Waals surface area contributed by atoms with E-state index in [-0.39, 0.29) is 12.5 Å². The lowest BCUT2D eigenvalue weighted by atomic mass is 9.97. The molecule has 1 atom stereocenters. The maximum Gasteiger partial charge on any atom is 0.130 e. The normalized spacial score (nSPS) is 12.7. The molecular formula is C12H10ClF2NS. The van der Waals surface area contributed by atoms with Gasteiger partial charge in [-0.2, -0.15) is 0 Å². The van der Waals surface area contributed by atoms with E-state index in [1.54, 1.807) is 6.07 Å². The van der Waals surface area contributed by atoms with Gasteiger partial charge in [-0.05, 0) is 23.8 Å². The molecule has 0 aliphatic heterocycles. The van der Waals surface area contributed by atoms with Crippen LogP contribution >= 0.6 is 22.9 Å². The average molecular weight is 274 g/mol. The highest BCUT2D eigenvalue weighted by Gasteiger charge is 2.18. The maximum absolute atomic E-state index is 13.7. The first kappa shape index (κ1) is 12.5. The second-order valence-electron chi connectivity index (χ2n) is 3.60. The van der Waals surface area contributed by atoms with Crippen LogP contribution in [0.25, 0.3) is 0 Å². The van der Waals surface area contributed by atoms with Gasteiger partial charge in [0.2, 0.25) is 0 Å². The molecule has 0 amide bonds. The van der Waals surface area contributed by atoms with Crippen molar-refractivity contribution in [2.75, 3.05) is 6.54 Å². The zero-order valence-electron chi connectivity index (χ0n) is 8.79. The van der Waals surface area contributed by atoms with E-state index in [1.807, 2.05) is 6.07 Å². The molecule has 0 bridgehead atoms. The van der Waals surface area contributed by atoms with Crippen LogP contribution in [-0.4, -0.2) is 6.54 Å². The minimum atomic E-state index is -0.591. The van der Waals surface area contributed by atoms with E-state index in [2.05, 4.69) is 0 Å². The molecule has 2 aromatic rings. The summed E-state index contributed by atoms with van der Waals surface area (Å²) in [5.41, 5.74) is 6.05. The Morgan fingerprint density at radius 3 is 2.53 bits per heavy atom. The molecule has 0 fully saturated rings. The van der Waals surface area contributed by atoms with E-state index in [0.29, 0.717) is 9.90 Å². The van der Waals surface area contributed by atoms with Gasteiger partial charge in [0.1, 0.15) is 11.6 Å². The van der Waals surface area contributed by atoms with Crippen molar-refractivity contribution >= 4 is 22.9 Å². The van der Waals surface area contributed by atoms with E-state index >= 15 is 0 Å². The van der Waals surface area contributed by atoms with Crippen molar-refractivity contribution in [3.05, 3.63) is 56.7 Å². The third-order valence-corrected chi connectivity index (χ3v) is 3.86. The van der Waals surface area contributed by atoms with Gasteiger partial charge in [-0.15, -0.1) is 11.3 Å². The summed E-state index contributed by atoms with van der Waals surface area (Å²) in [6.07, 6.45) is 0. The summed E-state index contributed by atoms with van der Waals surface area (Å²) in [6, 6.07) is 7.08. The van der Waals surface area contributed by atoms with Gasteiger partial charge < -0.3 is 5.73 Å². The summed E-state index contributed by atoms with van der Waals surface area (Å²) in [4.78, 5) is 0.878. The third-order valence-electron chi connectivity index (χ3n) is 2.51. The van der Waals surface area contributed by atoms with Crippen molar-refractivity contribution in [1.29, 1.82) is 0 Å². The fourth-order valence-electron chi connectivity index (χ4n) is 1.70. The second kappa shape index (κ2) is 5.12. The van der Waals surface area contributed by atoms with Crippen LogP contribution in [-0.2, 0) is 0 Å². The molecule has 1 aromatic carbocycles. The van der Waals surface area contributed by atoms with Gasteiger partial charge in [-0.3, -0.25) is 0 Å². The van der Waals surface area contributed by atoms with Gasteiger partial charge >= 0.3 is 0 Å². The first-order valence-corrected chi connectivity index (χ1v) is 6.21. The van der Waals surface area contributed by atoms with Crippen LogP contribution in [0.3, 0.4) is 0 Å². The van der Waals surface area contributed by atoms with Crippen LogP contribution in [0.15, 0.2) is 30.3 Å². The van der Waals surface area contributed by atoms with Gasteiger partial charge in [-0.1, -0.05) is 17.7 Å². The van der Waals surface area contributed by atoms with Crippen LogP contribution in [0.5, 0.6) is 0 Å².